The summed E-state index contributed by atoms with van der Waals surface area (Å²) in [5, 5.41) is 8.48. The molecule has 5 nitrogen and oxygen atoms in total. The van der Waals surface area contributed by atoms with Crippen molar-refractivity contribution in [3.8, 4) is 0 Å². The lowest BCUT2D eigenvalue weighted by Gasteiger charge is -2.07. The zero-order chi connectivity index (χ0) is 11.4. The van der Waals surface area contributed by atoms with Crippen molar-refractivity contribution in [2.24, 2.45) is 0 Å². The number of nitrogens with zero attached hydrogens (tertiary/aromatic N) is 2. The van der Waals surface area contributed by atoms with Crippen LogP contribution in [-0.2, 0) is 11.3 Å². The predicted molar refractivity (Wildman–Crippen MR) is 62.8 cm³/mol. The van der Waals surface area contributed by atoms with Crippen molar-refractivity contribution < 1.29 is 9.90 Å². The van der Waals surface area contributed by atoms with E-state index in [1.807, 2.05) is 22.6 Å². The number of carbonyl (C=O) groups is 1. The molecular formula is C9H11IN2O3. The topological polar surface area (TPSA) is 72.2 Å². The molecule has 0 aliphatic rings. The van der Waals surface area contributed by atoms with Crippen LogP contribution in [0.1, 0.15) is 18.7 Å². The summed E-state index contributed by atoms with van der Waals surface area (Å²) in [6.07, 6.45) is 2.03. The van der Waals surface area contributed by atoms with E-state index in [1.165, 1.54) is 10.8 Å². The van der Waals surface area contributed by atoms with Gasteiger partial charge < -0.3 is 5.11 Å². The molecule has 0 fully saturated rings. The monoisotopic (exact) mass is 322 g/mol. The van der Waals surface area contributed by atoms with Gasteiger partial charge in [0.25, 0.3) is 5.56 Å². The fourth-order valence-corrected chi connectivity index (χ4v) is 1.63. The highest BCUT2D eigenvalue weighted by atomic mass is 127. The molecule has 0 atom stereocenters. The van der Waals surface area contributed by atoms with Gasteiger partial charge in [0.2, 0.25) is 0 Å². The summed E-state index contributed by atoms with van der Waals surface area (Å²) in [4.78, 5) is 26.0. The van der Waals surface area contributed by atoms with Crippen LogP contribution in [0.4, 0.5) is 0 Å². The fourth-order valence-electron chi connectivity index (χ4n) is 1.20. The van der Waals surface area contributed by atoms with E-state index in [0.29, 0.717) is 22.4 Å². The van der Waals surface area contributed by atoms with Crippen LogP contribution in [0.3, 0.4) is 0 Å². The van der Waals surface area contributed by atoms with Gasteiger partial charge in [-0.3, -0.25) is 14.2 Å². The van der Waals surface area contributed by atoms with Crippen molar-refractivity contribution in [3.05, 3.63) is 25.9 Å². The van der Waals surface area contributed by atoms with E-state index in [4.69, 9.17) is 5.11 Å². The predicted octanol–water partition coefficient (Wildman–Crippen LogP) is 1.02. The Labute approximate surface area is 100 Å². The minimum Gasteiger partial charge on any atom is -0.481 e. The van der Waals surface area contributed by atoms with Crippen molar-refractivity contribution >= 4 is 28.6 Å². The fraction of sp³-hybridized carbons (Fsp3) is 0.444. The smallest absolute Gasteiger partial charge is 0.303 e. The van der Waals surface area contributed by atoms with Gasteiger partial charge in [0.1, 0.15) is 5.82 Å². The van der Waals surface area contributed by atoms with Crippen LogP contribution >= 0.6 is 22.6 Å². The van der Waals surface area contributed by atoms with Crippen LogP contribution in [-0.4, -0.2) is 20.6 Å². The van der Waals surface area contributed by atoms with Gasteiger partial charge in [0.15, 0.2) is 0 Å². The Bertz CT molecular complexity index is 428. The summed E-state index contributed by atoms with van der Waals surface area (Å²) in [6, 6.07) is 0. The molecule has 0 saturated heterocycles. The Morgan fingerprint density at radius 1 is 1.67 bits per heavy atom. The number of carboxylic acid groups (broad SMARTS) is 1. The van der Waals surface area contributed by atoms with Gasteiger partial charge in [-0.2, -0.15) is 0 Å². The molecule has 0 amide bonds. The molecule has 0 aromatic carbocycles. The Hall–Kier alpha value is -0.920. The quantitative estimate of drug-likeness (QED) is 0.840. The van der Waals surface area contributed by atoms with Crippen LogP contribution in [0, 0.1) is 10.5 Å². The van der Waals surface area contributed by atoms with E-state index >= 15 is 0 Å². The van der Waals surface area contributed by atoms with Crippen molar-refractivity contribution in [2.45, 2.75) is 26.3 Å². The molecule has 0 aliphatic heterocycles. The number of aliphatic carboxylic acids is 1. The average Bonchev–Trinajstić information content (AvgIpc) is 2.17. The van der Waals surface area contributed by atoms with Crippen LogP contribution in [0.25, 0.3) is 0 Å². The SMILES string of the molecule is Cc1ncc(I)c(=O)n1CCCC(=O)O. The van der Waals surface area contributed by atoms with Gasteiger partial charge in [-0.15, -0.1) is 0 Å². The number of carboxylic acids is 1. The molecule has 1 aromatic rings. The van der Waals surface area contributed by atoms with E-state index in [9.17, 15) is 9.59 Å². The first-order valence-electron chi connectivity index (χ1n) is 4.46. The first-order valence-corrected chi connectivity index (χ1v) is 5.54. The lowest BCUT2D eigenvalue weighted by molar-refractivity contribution is -0.137. The zero-order valence-corrected chi connectivity index (χ0v) is 10.4. The first kappa shape index (κ1) is 12.2. The molecule has 82 valence electrons. The summed E-state index contributed by atoms with van der Waals surface area (Å²) in [7, 11) is 0. The number of hydrogen-bond donors (Lipinski definition) is 1. The van der Waals surface area contributed by atoms with Crippen molar-refractivity contribution in [1.82, 2.24) is 9.55 Å². The standard InChI is InChI=1S/C9H11IN2O3/c1-6-11-5-7(10)9(15)12(6)4-2-3-8(13)14/h5H,2-4H2,1H3,(H,13,14). The van der Waals surface area contributed by atoms with Crippen molar-refractivity contribution in [3.63, 3.8) is 0 Å². The second kappa shape index (κ2) is 5.24. The largest absolute Gasteiger partial charge is 0.481 e. The van der Waals surface area contributed by atoms with Crippen LogP contribution < -0.4 is 5.56 Å². The van der Waals surface area contributed by atoms with E-state index < -0.39 is 5.97 Å². The molecule has 0 spiro atoms. The van der Waals surface area contributed by atoms with E-state index in [1.54, 1.807) is 6.92 Å². The van der Waals surface area contributed by atoms with Gasteiger partial charge >= 0.3 is 5.97 Å². The highest BCUT2D eigenvalue weighted by Crippen LogP contribution is 2.00. The molecule has 0 saturated carbocycles. The Balaban J connectivity index is 2.80. The molecular weight excluding hydrogens is 311 g/mol. The van der Waals surface area contributed by atoms with Crippen molar-refractivity contribution in [1.29, 1.82) is 0 Å². The number of hydrogen-bond acceptors (Lipinski definition) is 3. The molecule has 0 unspecified atom stereocenters. The van der Waals surface area contributed by atoms with Gasteiger partial charge in [-0.05, 0) is 35.9 Å². The van der Waals surface area contributed by atoms with Gasteiger partial charge in [-0.25, -0.2) is 4.98 Å². The number of aromatic nitrogens is 2. The third-order valence-corrected chi connectivity index (χ3v) is 2.72. The highest BCUT2D eigenvalue weighted by molar-refractivity contribution is 14.1. The Morgan fingerprint density at radius 2 is 2.33 bits per heavy atom. The maximum atomic E-state index is 11.6. The minimum absolute atomic E-state index is 0.0668. The second-order valence-electron chi connectivity index (χ2n) is 3.11. The van der Waals surface area contributed by atoms with E-state index in [2.05, 4.69) is 4.98 Å². The second-order valence-corrected chi connectivity index (χ2v) is 4.27. The van der Waals surface area contributed by atoms with Crippen molar-refractivity contribution in [2.75, 3.05) is 0 Å². The third kappa shape index (κ3) is 3.29. The lowest BCUT2D eigenvalue weighted by atomic mass is 10.3. The summed E-state index contributed by atoms with van der Waals surface area (Å²) in [5.41, 5.74) is -0.103. The summed E-state index contributed by atoms with van der Waals surface area (Å²) < 4.78 is 2.05. The van der Waals surface area contributed by atoms with E-state index in [-0.39, 0.29) is 12.0 Å². The molecule has 1 rings (SSSR count). The number of rotatable bonds is 4. The molecule has 0 radical (unpaired) electrons. The molecule has 0 bridgehead atoms. The maximum absolute atomic E-state index is 11.6. The van der Waals surface area contributed by atoms with Crippen LogP contribution in [0.15, 0.2) is 11.0 Å². The molecule has 15 heavy (non-hydrogen) atoms. The van der Waals surface area contributed by atoms with Crippen LogP contribution in [0.5, 0.6) is 0 Å². The molecule has 1 heterocycles. The van der Waals surface area contributed by atoms with Crippen LogP contribution in [0.2, 0.25) is 0 Å². The molecule has 1 aromatic heterocycles. The van der Waals surface area contributed by atoms with Gasteiger partial charge in [-0.1, -0.05) is 0 Å². The molecule has 6 heteroatoms. The first-order chi connectivity index (χ1) is 7.02. The zero-order valence-electron chi connectivity index (χ0n) is 8.23. The summed E-state index contributed by atoms with van der Waals surface area (Å²) >= 11 is 1.92. The Morgan fingerprint density at radius 3 is 2.93 bits per heavy atom. The molecule has 1 N–H and O–H groups in total. The number of halogens is 1. The number of aryl methyl sites for hydroxylation is 1. The summed E-state index contributed by atoms with van der Waals surface area (Å²) in [5.74, 6) is -0.231. The minimum atomic E-state index is -0.848. The summed E-state index contributed by atoms with van der Waals surface area (Å²) in [6.45, 7) is 2.14. The average molecular weight is 322 g/mol. The highest BCUT2D eigenvalue weighted by Gasteiger charge is 2.05. The maximum Gasteiger partial charge on any atom is 0.303 e. The van der Waals surface area contributed by atoms with Gasteiger partial charge in [0, 0.05) is 19.2 Å². The van der Waals surface area contributed by atoms with E-state index in [0.717, 1.165) is 0 Å². The third-order valence-electron chi connectivity index (χ3n) is 1.98. The Kier molecular flexibility index (Phi) is 4.25. The molecule has 0 aliphatic carbocycles. The van der Waals surface area contributed by atoms with Gasteiger partial charge in [0.05, 0.1) is 3.57 Å². The normalized spacial score (nSPS) is 10.3. The lowest BCUT2D eigenvalue weighted by Crippen LogP contribution is -2.25.